The quantitative estimate of drug-likeness (QED) is 0.859. The molecule has 0 saturated heterocycles. The van der Waals surface area contributed by atoms with Crippen LogP contribution < -0.4 is 11.1 Å². The lowest BCUT2D eigenvalue weighted by atomic mass is 10.1. The van der Waals surface area contributed by atoms with Crippen LogP contribution in [0, 0.1) is 0 Å². The number of hydrogen-bond acceptors (Lipinski definition) is 4. The molecule has 5 nitrogen and oxygen atoms in total. The van der Waals surface area contributed by atoms with Gasteiger partial charge in [-0.3, -0.25) is 0 Å². The summed E-state index contributed by atoms with van der Waals surface area (Å²) in [6.45, 7) is 2.77. The highest BCUT2D eigenvalue weighted by Crippen LogP contribution is 2.13. The smallest absolute Gasteiger partial charge is 0.243 e. The van der Waals surface area contributed by atoms with Gasteiger partial charge in [0.15, 0.2) is 5.65 Å². The molecule has 3 N–H and O–H groups in total. The molecule has 2 rings (SSSR count). The van der Waals surface area contributed by atoms with Gasteiger partial charge in [0.05, 0.1) is 0 Å². The van der Waals surface area contributed by atoms with Gasteiger partial charge in [-0.1, -0.05) is 19.8 Å². The van der Waals surface area contributed by atoms with E-state index in [0.29, 0.717) is 12.5 Å². The summed E-state index contributed by atoms with van der Waals surface area (Å²) >= 11 is 3.41. The molecular weight excluding hydrogens is 294 g/mol. The topological polar surface area (TPSA) is 68.2 Å². The molecule has 0 saturated carbocycles. The van der Waals surface area contributed by atoms with Crippen molar-refractivity contribution < 1.29 is 0 Å². The maximum atomic E-state index is 5.75. The minimum absolute atomic E-state index is 0.241. The van der Waals surface area contributed by atoms with E-state index in [9.17, 15) is 0 Å². The molecule has 1 unspecified atom stereocenters. The molecule has 0 aliphatic rings. The number of nitrogens with two attached hydrogens (primary N) is 1. The Hall–Kier alpha value is -1.14. The average molecular weight is 312 g/mol. The van der Waals surface area contributed by atoms with E-state index in [-0.39, 0.29) is 6.04 Å². The molecule has 2 heterocycles. The van der Waals surface area contributed by atoms with E-state index in [4.69, 9.17) is 5.73 Å². The van der Waals surface area contributed by atoms with Crippen LogP contribution in [0.4, 0.5) is 5.95 Å². The van der Waals surface area contributed by atoms with Crippen LogP contribution in [0.3, 0.4) is 0 Å². The van der Waals surface area contributed by atoms with Crippen molar-refractivity contribution in [2.75, 3.05) is 11.9 Å². The third-order valence-electron chi connectivity index (χ3n) is 2.82. The Morgan fingerprint density at radius 3 is 3.06 bits per heavy atom. The first kappa shape index (κ1) is 13.3. The van der Waals surface area contributed by atoms with Crippen molar-refractivity contribution >= 4 is 27.5 Å². The molecule has 0 fully saturated rings. The molecule has 1 atom stereocenters. The highest BCUT2D eigenvalue weighted by molar-refractivity contribution is 9.10. The number of hydrogen-bond donors (Lipinski definition) is 2. The number of halogens is 1. The van der Waals surface area contributed by atoms with Crippen LogP contribution in [0.1, 0.15) is 26.2 Å². The normalized spacial score (nSPS) is 12.8. The Morgan fingerprint density at radius 1 is 1.50 bits per heavy atom. The predicted molar refractivity (Wildman–Crippen MR) is 76.7 cm³/mol. The summed E-state index contributed by atoms with van der Waals surface area (Å²) in [5, 5.41) is 7.67. The van der Waals surface area contributed by atoms with E-state index >= 15 is 0 Å². The summed E-state index contributed by atoms with van der Waals surface area (Å²) in [4.78, 5) is 4.41. The van der Waals surface area contributed by atoms with E-state index in [2.05, 4.69) is 38.3 Å². The number of nitrogens with zero attached hydrogens (tertiary/aromatic N) is 3. The van der Waals surface area contributed by atoms with Crippen molar-refractivity contribution in [3.05, 3.63) is 22.8 Å². The first-order chi connectivity index (χ1) is 8.72. The maximum Gasteiger partial charge on any atom is 0.243 e. The third-order valence-corrected chi connectivity index (χ3v) is 3.29. The zero-order valence-corrected chi connectivity index (χ0v) is 12.0. The van der Waals surface area contributed by atoms with E-state index in [1.807, 2.05) is 18.3 Å². The van der Waals surface area contributed by atoms with Crippen LogP contribution in [0.15, 0.2) is 22.8 Å². The molecule has 0 spiro atoms. The molecule has 18 heavy (non-hydrogen) atoms. The summed E-state index contributed by atoms with van der Waals surface area (Å²) in [6, 6.07) is 4.11. The Bertz CT molecular complexity index is 510. The Balaban J connectivity index is 2.10. The minimum atomic E-state index is 0.241. The summed E-state index contributed by atoms with van der Waals surface area (Å²) in [6.07, 6.45) is 5.26. The molecule has 2 aromatic heterocycles. The summed E-state index contributed by atoms with van der Waals surface area (Å²) in [5.41, 5.74) is 6.57. The van der Waals surface area contributed by atoms with Crippen molar-refractivity contribution in [3.63, 3.8) is 0 Å². The molecule has 0 bridgehead atoms. The number of rotatable bonds is 6. The number of anilines is 1. The van der Waals surface area contributed by atoms with Crippen LogP contribution in [-0.2, 0) is 0 Å². The van der Waals surface area contributed by atoms with Crippen molar-refractivity contribution in [1.29, 1.82) is 0 Å². The van der Waals surface area contributed by atoms with Gasteiger partial charge in [0.2, 0.25) is 5.95 Å². The van der Waals surface area contributed by atoms with Gasteiger partial charge >= 0.3 is 0 Å². The van der Waals surface area contributed by atoms with Crippen molar-refractivity contribution in [3.8, 4) is 0 Å². The maximum absolute atomic E-state index is 5.75. The van der Waals surface area contributed by atoms with Gasteiger partial charge in [0.1, 0.15) is 0 Å². The Morgan fingerprint density at radius 2 is 2.33 bits per heavy atom. The van der Waals surface area contributed by atoms with E-state index in [0.717, 1.165) is 23.0 Å². The molecular formula is C12H18BrN5. The fraction of sp³-hybridized carbons (Fsp3) is 0.500. The minimum Gasteiger partial charge on any atom is -0.349 e. The van der Waals surface area contributed by atoms with E-state index in [1.54, 1.807) is 4.52 Å². The molecule has 0 aromatic carbocycles. The number of aromatic nitrogens is 3. The zero-order valence-electron chi connectivity index (χ0n) is 10.4. The molecule has 0 radical (unpaired) electrons. The second kappa shape index (κ2) is 6.15. The standard InChI is InChI=1S/C12H18BrN5/c1-2-3-4-10(7-14)15-12-16-11-6-5-9(13)8-18(11)17-12/h5-6,8,10H,2-4,7,14H2,1H3,(H,15,17). The highest BCUT2D eigenvalue weighted by Gasteiger charge is 2.09. The first-order valence-electron chi connectivity index (χ1n) is 6.21. The number of pyridine rings is 1. The second-order valence-electron chi connectivity index (χ2n) is 4.30. The van der Waals surface area contributed by atoms with Gasteiger partial charge in [-0.2, -0.15) is 4.98 Å². The predicted octanol–water partition coefficient (Wildman–Crippen LogP) is 2.42. The number of fused-ring (bicyclic) bond motifs is 1. The van der Waals surface area contributed by atoms with E-state index < -0.39 is 0 Å². The molecule has 0 aliphatic carbocycles. The largest absolute Gasteiger partial charge is 0.349 e. The van der Waals surface area contributed by atoms with Gasteiger partial charge < -0.3 is 11.1 Å². The summed E-state index contributed by atoms with van der Waals surface area (Å²) in [5.74, 6) is 0.639. The van der Waals surface area contributed by atoms with Gasteiger partial charge in [-0.15, -0.1) is 5.10 Å². The Kier molecular flexibility index (Phi) is 4.54. The lowest BCUT2D eigenvalue weighted by Gasteiger charge is -2.14. The molecule has 98 valence electrons. The lowest BCUT2D eigenvalue weighted by molar-refractivity contribution is 0.610. The first-order valence-corrected chi connectivity index (χ1v) is 7.00. The van der Waals surface area contributed by atoms with Crippen LogP contribution in [-0.4, -0.2) is 27.2 Å². The molecule has 0 aliphatic heterocycles. The van der Waals surface area contributed by atoms with Gasteiger partial charge in [-0.05, 0) is 34.5 Å². The molecule has 6 heteroatoms. The fourth-order valence-electron chi connectivity index (χ4n) is 1.80. The van der Waals surface area contributed by atoms with Crippen LogP contribution in [0.2, 0.25) is 0 Å². The molecule has 2 aromatic rings. The van der Waals surface area contributed by atoms with Crippen molar-refractivity contribution in [2.45, 2.75) is 32.2 Å². The van der Waals surface area contributed by atoms with Gasteiger partial charge in [0.25, 0.3) is 0 Å². The van der Waals surface area contributed by atoms with Gasteiger partial charge in [-0.25, -0.2) is 4.52 Å². The summed E-state index contributed by atoms with van der Waals surface area (Å²) in [7, 11) is 0. The zero-order chi connectivity index (χ0) is 13.0. The second-order valence-corrected chi connectivity index (χ2v) is 5.22. The number of unbranched alkanes of at least 4 members (excludes halogenated alkanes) is 1. The highest BCUT2D eigenvalue weighted by atomic mass is 79.9. The van der Waals surface area contributed by atoms with E-state index in [1.165, 1.54) is 6.42 Å². The van der Waals surface area contributed by atoms with Gasteiger partial charge in [0, 0.05) is 23.3 Å². The van der Waals surface area contributed by atoms with Crippen molar-refractivity contribution in [2.24, 2.45) is 5.73 Å². The SMILES string of the molecule is CCCCC(CN)Nc1nc2ccc(Br)cn2n1. The Labute approximate surface area is 115 Å². The van der Waals surface area contributed by atoms with Crippen molar-refractivity contribution in [1.82, 2.24) is 14.6 Å². The summed E-state index contributed by atoms with van der Waals surface area (Å²) < 4.78 is 2.73. The lowest BCUT2D eigenvalue weighted by Crippen LogP contribution is -2.29. The monoisotopic (exact) mass is 311 g/mol. The van der Waals surface area contributed by atoms with Crippen LogP contribution >= 0.6 is 15.9 Å². The average Bonchev–Trinajstić information content (AvgIpc) is 2.75. The van der Waals surface area contributed by atoms with Crippen LogP contribution in [0.25, 0.3) is 5.65 Å². The fourth-order valence-corrected chi connectivity index (χ4v) is 2.13. The molecule has 0 amide bonds. The third kappa shape index (κ3) is 3.20. The van der Waals surface area contributed by atoms with Crippen LogP contribution in [0.5, 0.6) is 0 Å². The number of nitrogens with one attached hydrogen (secondary N) is 1.